The molecule has 2 fully saturated rings. The Kier molecular flexibility index (Phi) is 4.12. The predicted octanol–water partition coefficient (Wildman–Crippen LogP) is 5.12. The van der Waals surface area contributed by atoms with Crippen molar-refractivity contribution in [2.45, 2.75) is 51.0 Å². The van der Waals surface area contributed by atoms with E-state index < -0.39 is 0 Å². The zero-order valence-electron chi connectivity index (χ0n) is 10.8. The first-order valence-corrected chi connectivity index (χ1v) is 8.86. The maximum atomic E-state index is 6.49. The fourth-order valence-corrected chi connectivity index (χ4v) is 5.49. The number of hydrogen-bond acceptors (Lipinski definition) is 2. The van der Waals surface area contributed by atoms with Crippen molar-refractivity contribution in [2.24, 2.45) is 23.5 Å². The maximum Gasteiger partial charge on any atom is 0.0701 e. The van der Waals surface area contributed by atoms with Gasteiger partial charge in [0.1, 0.15) is 0 Å². The molecule has 1 nitrogen and oxygen atoms in total. The van der Waals surface area contributed by atoms with Gasteiger partial charge in [0, 0.05) is 10.9 Å². The van der Waals surface area contributed by atoms with Crippen molar-refractivity contribution in [1.82, 2.24) is 0 Å². The summed E-state index contributed by atoms with van der Waals surface area (Å²) in [7, 11) is 0. The molecule has 2 aliphatic carbocycles. The van der Waals surface area contributed by atoms with E-state index in [1.54, 1.807) is 0 Å². The second kappa shape index (κ2) is 5.64. The van der Waals surface area contributed by atoms with Gasteiger partial charge in [-0.05, 0) is 65.1 Å². The predicted molar refractivity (Wildman–Crippen MR) is 81.7 cm³/mol. The quantitative estimate of drug-likeness (QED) is 0.801. The second-order valence-corrected chi connectivity index (χ2v) is 8.54. The van der Waals surface area contributed by atoms with Crippen LogP contribution in [-0.2, 0) is 0 Å². The van der Waals surface area contributed by atoms with Crippen molar-refractivity contribution in [3.05, 3.63) is 20.8 Å². The molecular formula is C15H22BrNS. The number of halogens is 1. The molecule has 4 atom stereocenters. The first-order chi connectivity index (χ1) is 8.74. The van der Waals surface area contributed by atoms with E-state index >= 15 is 0 Å². The van der Waals surface area contributed by atoms with Gasteiger partial charge in [-0.15, -0.1) is 11.3 Å². The van der Waals surface area contributed by atoms with Crippen LogP contribution in [0.2, 0.25) is 0 Å². The highest BCUT2D eigenvalue weighted by atomic mass is 79.9. The van der Waals surface area contributed by atoms with E-state index in [0.717, 1.165) is 17.8 Å². The summed E-state index contributed by atoms with van der Waals surface area (Å²) in [5, 5.41) is 0. The molecule has 3 rings (SSSR count). The molecule has 0 aromatic carbocycles. The fourth-order valence-electron chi connectivity index (χ4n) is 3.98. The Morgan fingerprint density at radius 1 is 1.11 bits per heavy atom. The molecule has 0 aliphatic heterocycles. The minimum atomic E-state index is 0.268. The Labute approximate surface area is 122 Å². The van der Waals surface area contributed by atoms with Crippen molar-refractivity contribution < 1.29 is 0 Å². The van der Waals surface area contributed by atoms with Gasteiger partial charge < -0.3 is 5.73 Å². The van der Waals surface area contributed by atoms with Crippen LogP contribution >= 0.6 is 27.3 Å². The van der Waals surface area contributed by atoms with Crippen LogP contribution in [0.3, 0.4) is 0 Å². The molecule has 2 saturated carbocycles. The minimum Gasteiger partial charge on any atom is -0.323 e. The van der Waals surface area contributed by atoms with E-state index in [1.807, 2.05) is 11.3 Å². The van der Waals surface area contributed by atoms with Crippen LogP contribution in [-0.4, -0.2) is 0 Å². The van der Waals surface area contributed by atoms with Gasteiger partial charge >= 0.3 is 0 Å². The summed E-state index contributed by atoms with van der Waals surface area (Å²) in [6, 6.07) is 4.60. The van der Waals surface area contributed by atoms with Crippen molar-refractivity contribution >= 4 is 27.3 Å². The number of fused-ring (bicyclic) bond motifs is 1. The third-order valence-electron chi connectivity index (χ3n) is 5.01. The van der Waals surface area contributed by atoms with Crippen molar-refractivity contribution in [3.63, 3.8) is 0 Å². The van der Waals surface area contributed by atoms with Gasteiger partial charge in [0.25, 0.3) is 0 Å². The lowest BCUT2D eigenvalue weighted by Gasteiger charge is -2.41. The molecule has 0 radical (unpaired) electrons. The lowest BCUT2D eigenvalue weighted by molar-refractivity contribution is 0.118. The highest BCUT2D eigenvalue weighted by Crippen LogP contribution is 2.46. The largest absolute Gasteiger partial charge is 0.323 e. The van der Waals surface area contributed by atoms with E-state index in [2.05, 4.69) is 28.1 Å². The summed E-state index contributed by atoms with van der Waals surface area (Å²) >= 11 is 5.35. The summed E-state index contributed by atoms with van der Waals surface area (Å²) in [6.45, 7) is 0. The highest BCUT2D eigenvalue weighted by Gasteiger charge is 2.35. The van der Waals surface area contributed by atoms with E-state index in [1.165, 1.54) is 53.6 Å². The van der Waals surface area contributed by atoms with Crippen molar-refractivity contribution in [1.29, 1.82) is 0 Å². The van der Waals surface area contributed by atoms with Crippen LogP contribution < -0.4 is 5.73 Å². The lowest BCUT2D eigenvalue weighted by Crippen LogP contribution is -2.32. The topological polar surface area (TPSA) is 26.0 Å². The zero-order chi connectivity index (χ0) is 12.5. The average molecular weight is 328 g/mol. The van der Waals surface area contributed by atoms with Gasteiger partial charge in [0.15, 0.2) is 0 Å². The SMILES string of the molecule is NC(c1ccc(Br)s1)C1CCC2CCCCC2C1. The molecule has 1 aromatic heterocycles. The molecule has 1 aromatic rings. The normalized spacial score (nSPS) is 34.0. The lowest BCUT2D eigenvalue weighted by atomic mass is 9.66. The molecule has 18 heavy (non-hydrogen) atoms. The molecule has 2 aliphatic rings. The Morgan fingerprint density at radius 3 is 2.61 bits per heavy atom. The Bertz CT molecular complexity index is 403. The molecule has 0 bridgehead atoms. The summed E-state index contributed by atoms with van der Waals surface area (Å²) in [5.74, 6) is 2.72. The second-order valence-electron chi connectivity index (χ2n) is 6.05. The van der Waals surface area contributed by atoms with Gasteiger partial charge in [-0.3, -0.25) is 0 Å². The fraction of sp³-hybridized carbons (Fsp3) is 0.733. The van der Waals surface area contributed by atoms with E-state index in [-0.39, 0.29) is 6.04 Å². The van der Waals surface area contributed by atoms with Crippen molar-refractivity contribution in [2.75, 3.05) is 0 Å². The summed E-state index contributed by atoms with van der Waals surface area (Å²) in [6.07, 6.45) is 10.0. The molecule has 2 N–H and O–H groups in total. The molecule has 1 heterocycles. The third-order valence-corrected chi connectivity index (χ3v) is 6.74. The summed E-state index contributed by atoms with van der Waals surface area (Å²) < 4.78 is 1.21. The minimum absolute atomic E-state index is 0.268. The molecule has 3 heteroatoms. The summed E-state index contributed by atoms with van der Waals surface area (Å²) in [4.78, 5) is 1.36. The van der Waals surface area contributed by atoms with Crippen LogP contribution in [0.5, 0.6) is 0 Å². The standard InChI is InChI=1S/C15H22BrNS/c16-14-8-7-13(18-14)15(17)12-6-5-10-3-1-2-4-11(10)9-12/h7-8,10-12,15H,1-6,9,17H2. The Balaban J connectivity index is 1.66. The smallest absolute Gasteiger partial charge is 0.0701 e. The van der Waals surface area contributed by atoms with Crippen LogP contribution in [0.15, 0.2) is 15.9 Å². The number of thiophene rings is 1. The molecule has 0 amide bonds. The van der Waals surface area contributed by atoms with E-state index in [9.17, 15) is 0 Å². The highest BCUT2D eigenvalue weighted by molar-refractivity contribution is 9.11. The zero-order valence-corrected chi connectivity index (χ0v) is 13.2. The van der Waals surface area contributed by atoms with Crippen LogP contribution in [0.1, 0.15) is 55.9 Å². The molecule has 0 spiro atoms. The molecule has 100 valence electrons. The van der Waals surface area contributed by atoms with Gasteiger partial charge in [0.05, 0.1) is 3.79 Å². The summed E-state index contributed by atoms with van der Waals surface area (Å²) in [5.41, 5.74) is 6.49. The molecule has 4 unspecified atom stereocenters. The van der Waals surface area contributed by atoms with E-state index in [0.29, 0.717) is 0 Å². The van der Waals surface area contributed by atoms with Gasteiger partial charge in [-0.25, -0.2) is 0 Å². The first-order valence-electron chi connectivity index (χ1n) is 7.25. The maximum absolute atomic E-state index is 6.49. The average Bonchev–Trinajstić information content (AvgIpc) is 2.84. The molecular weight excluding hydrogens is 306 g/mol. The monoisotopic (exact) mass is 327 g/mol. The number of hydrogen-bond donors (Lipinski definition) is 1. The number of rotatable bonds is 2. The van der Waals surface area contributed by atoms with Crippen LogP contribution in [0.25, 0.3) is 0 Å². The Hall–Kier alpha value is 0.140. The van der Waals surface area contributed by atoms with Gasteiger partial charge in [-0.2, -0.15) is 0 Å². The molecule has 0 saturated heterocycles. The van der Waals surface area contributed by atoms with E-state index in [4.69, 9.17) is 5.73 Å². The Morgan fingerprint density at radius 2 is 1.89 bits per heavy atom. The first kappa shape index (κ1) is 13.1. The number of nitrogens with two attached hydrogens (primary N) is 1. The van der Waals surface area contributed by atoms with Crippen molar-refractivity contribution in [3.8, 4) is 0 Å². The van der Waals surface area contributed by atoms with Gasteiger partial charge in [0.2, 0.25) is 0 Å². The third kappa shape index (κ3) is 2.68. The van der Waals surface area contributed by atoms with Crippen LogP contribution in [0, 0.1) is 17.8 Å². The van der Waals surface area contributed by atoms with Crippen LogP contribution in [0.4, 0.5) is 0 Å². The van der Waals surface area contributed by atoms with Gasteiger partial charge in [-0.1, -0.05) is 25.7 Å².